The lowest BCUT2D eigenvalue weighted by Gasteiger charge is -2.11. The Balaban J connectivity index is 1.88. The quantitative estimate of drug-likeness (QED) is 0.433. The van der Waals surface area contributed by atoms with E-state index in [1.807, 2.05) is 38.5 Å². The summed E-state index contributed by atoms with van der Waals surface area (Å²) in [6.45, 7) is 8.07. The molecular formula is C17H25Cl2N5O. The molecule has 0 unspecified atom stereocenters. The third-order valence-corrected chi connectivity index (χ3v) is 4.88. The van der Waals surface area contributed by atoms with Gasteiger partial charge in [-0.05, 0) is 39.7 Å². The van der Waals surface area contributed by atoms with Crippen molar-refractivity contribution in [3.8, 4) is 0 Å². The molecule has 2 N–H and O–H groups in total. The summed E-state index contributed by atoms with van der Waals surface area (Å²) in [6, 6.07) is 1.84. The Morgan fingerprint density at radius 3 is 2.64 bits per heavy atom. The SMILES string of the molecule is CCNC(=NCc1cc(Cl)c(Cl)n1C)NCCCc1c(C)noc1C. The first-order valence-electron chi connectivity index (χ1n) is 8.37. The number of nitrogens with one attached hydrogen (secondary N) is 2. The molecule has 25 heavy (non-hydrogen) atoms. The van der Waals surface area contributed by atoms with E-state index < -0.39 is 0 Å². The molecule has 0 saturated heterocycles. The Hall–Kier alpha value is -1.66. The summed E-state index contributed by atoms with van der Waals surface area (Å²) >= 11 is 12.1. The molecule has 0 aliphatic carbocycles. The van der Waals surface area contributed by atoms with Crippen LogP contribution >= 0.6 is 23.2 Å². The molecule has 0 amide bonds. The highest BCUT2D eigenvalue weighted by molar-refractivity contribution is 6.41. The normalized spacial score (nSPS) is 11.8. The lowest BCUT2D eigenvalue weighted by atomic mass is 10.1. The first-order chi connectivity index (χ1) is 11.9. The van der Waals surface area contributed by atoms with Gasteiger partial charge in [-0.2, -0.15) is 0 Å². The lowest BCUT2D eigenvalue weighted by molar-refractivity contribution is 0.392. The van der Waals surface area contributed by atoms with Crippen molar-refractivity contribution in [3.63, 3.8) is 0 Å². The van der Waals surface area contributed by atoms with Crippen molar-refractivity contribution in [1.29, 1.82) is 0 Å². The van der Waals surface area contributed by atoms with Crippen molar-refractivity contribution in [3.05, 3.63) is 39.0 Å². The van der Waals surface area contributed by atoms with E-state index in [4.69, 9.17) is 27.7 Å². The van der Waals surface area contributed by atoms with Gasteiger partial charge in [0.05, 0.1) is 17.3 Å². The summed E-state index contributed by atoms with van der Waals surface area (Å²) in [4.78, 5) is 4.59. The van der Waals surface area contributed by atoms with Gasteiger partial charge in [-0.1, -0.05) is 28.4 Å². The van der Waals surface area contributed by atoms with Crippen LogP contribution in [0, 0.1) is 13.8 Å². The minimum absolute atomic E-state index is 0.502. The largest absolute Gasteiger partial charge is 0.361 e. The van der Waals surface area contributed by atoms with E-state index in [9.17, 15) is 0 Å². The number of rotatable bonds is 7. The minimum atomic E-state index is 0.502. The van der Waals surface area contributed by atoms with Crippen LogP contribution < -0.4 is 10.6 Å². The highest BCUT2D eigenvalue weighted by Gasteiger charge is 2.10. The van der Waals surface area contributed by atoms with Gasteiger partial charge in [0.25, 0.3) is 0 Å². The van der Waals surface area contributed by atoms with Crippen LogP contribution in [0.5, 0.6) is 0 Å². The zero-order valence-corrected chi connectivity index (χ0v) is 16.6. The Bertz CT molecular complexity index is 716. The number of guanidine groups is 1. The third-order valence-electron chi connectivity index (χ3n) is 4.04. The fraction of sp³-hybridized carbons (Fsp3) is 0.529. The van der Waals surface area contributed by atoms with E-state index in [0.29, 0.717) is 16.7 Å². The molecule has 0 aliphatic heterocycles. The Labute approximate surface area is 158 Å². The Morgan fingerprint density at radius 2 is 2.08 bits per heavy atom. The third kappa shape index (κ3) is 5.16. The Kier molecular flexibility index (Phi) is 7.20. The molecule has 0 fully saturated rings. The number of hydrogen-bond acceptors (Lipinski definition) is 3. The second kappa shape index (κ2) is 9.15. The molecule has 0 aliphatic rings. The zero-order valence-electron chi connectivity index (χ0n) is 15.1. The van der Waals surface area contributed by atoms with Crippen LogP contribution in [0.3, 0.4) is 0 Å². The van der Waals surface area contributed by atoms with E-state index in [-0.39, 0.29) is 0 Å². The monoisotopic (exact) mass is 385 g/mol. The number of hydrogen-bond donors (Lipinski definition) is 2. The van der Waals surface area contributed by atoms with Gasteiger partial charge in [-0.15, -0.1) is 0 Å². The number of nitrogens with zero attached hydrogens (tertiary/aromatic N) is 3. The molecule has 0 spiro atoms. The molecule has 0 aromatic carbocycles. The second-order valence-electron chi connectivity index (χ2n) is 5.86. The van der Waals surface area contributed by atoms with Crippen molar-refractivity contribution in [2.24, 2.45) is 12.0 Å². The van der Waals surface area contributed by atoms with Crippen molar-refractivity contribution in [1.82, 2.24) is 20.4 Å². The summed E-state index contributed by atoms with van der Waals surface area (Å²) < 4.78 is 7.03. The summed E-state index contributed by atoms with van der Waals surface area (Å²) in [5.74, 6) is 1.67. The molecular weight excluding hydrogens is 361 g/mol. The molecule has 2 rings (SSSR count). The average Bonchev–Trinajstić information content (AvgIpc) is 3.03. The molecule has 0 saturated carbocycles. The van der Waals surface area contributed by atoms with Gasteiger partial charge >= 0.3 is 0 Å². The maximum atomic E-state index is 6.09. The topological polar surface area (TPSA) is 67.4 Å². The fourth-order valence-corrected chi connectivity index (χ4v) is 2.99. The van der Waals surface area contributed by atoms with Gasteiger partial charge in [0.2, 0.25) is 0 Å². The number of halogens is 2. The van der Waals surface area contributed by atoms with Crippen LogP contribution in [0.15, 0.2) is 15.6 Å². The molecule has 0 atom stereocenters. The molecule has 0 radical (unpaired) electrons. The van der Waals surface area contributed by atoms with E-state index >= 15 is 0 Å². The molecule has 138 valence electrons. The number of aromatic nitrogens is 2. The second-order valence-corrected chi connectivity index (χ2v) is 6.63. The summed E-state index contributed by atoms with van der Waals surface area (Å²) in [5.41, 5.74) is 3.12. The van der Waals surface area contributed by atoms with Crippen molar-refractivity contribution >= 4 is 29.2 Å². The molecule has 2 aromatic heterocycles. The van der Waals surface area contributed by atoms with Gasteiger partial charge in [-0.3, -0.25) is 0 Å². The average molecular weight is 386 g/mol. The first kappa shape index (κ1) is 19.7. The minimum Gasteiger partial charge on any atom is -0.361 e. The summed E-state index contributed by atoms with van der Waals surface area (Å²) in [5, 5.41) is 11.7. The van der Waals surface area contributed by atoms with Gasteiger partial charge in [0.1, 0.15) is 10.9 Å². The number of aliphatic imine (C=N–C) groups is 1. The van der Waals surface area contributed by atoms with Crippen LogP contribution in [0.2, 0.25) is 10.2 Å². The van der Waals surface area contributed by atoms with Crippen LogP contribution in [0.1, 0.15) is 36.1 Å². The molecule has 2 heterocycles. The standard InChI is InChI=1S/C17H25Cl2N5O/c1-5-20-17(22-10-13-9-15(18)16(19)24(13)4)21-8-6-7-14-11(2)23-25-12(14)3/h9H,5-8,10H2,1-4H3,(H2,20,21,22). The van der Waals surface area contributed by atoms with Gasteiger partial charge in [-0.25, -0.2) is 4.99 Å². The Morgan fingerprint density at radius 1 is 1.32 bits per heavy atom. The van der Waals surface area contributed by atoms with Crippen LogP contribution in [0.25, 0.3) is 0 Å². The maximum Gasteiger partial charge on any atom is 0.191 e. The number of aryl methyl sites for hydroxylation is 2. The first-order valence-corrected chi connectivity index (χ1v) is 9.13. The predicted molar refractivity (Wildman–Crippen MR) is 103 cm³/mol. The molecule has 2 aromatic rings. The lowest BCUT2D eigenvalue weighted by Crippen LogP contribution is -2.37. The predicted octanol–water partition coefficient (Wildman–Crippen LogP) is 3.62. The van der Waals surface area contributed by atoms with Crippen LogP contribution in [-0.2, 0) is 20.0 Å². The van der Waals surface area contributed by atoms with Gasteiger partial charge < -0.3 is 19.7 Å². The summed E-state index contributed by atoms with van der Waals surface area (Å²) in [7, 11) is 1.88. The van der Waals surface area contributed by atoms with Gasteiger partial charge in [0.15, 0.2) is 5.96 Å². The highest BCUT2D eigenvalue weighted by Crippen LogP contribution is 2.25. The smallest absolute Gasteiger partial charge is 0.191 e. The van der Waals surface area contributed by atoms with Crippen molar-refractivity contribution in [2.45, 2.75) is 40.2 Å². The van der Waals surface area contributed by atoms with Crippen molar-refractivity contribution in [2.75, 3.05) is 13.1 Å². The molecule has 0 bridgehead atoms. The van der Waals surface area contributed by atoms with E-state index in [1.54, 1.807) is 0 Å². The van der Waals surface area contributed by atoms with E-state index in [1.165, 1.54) is 5.56 Å². The van der Waals surface area contributed by atoms with E-state index in [2.05, 4.69) is 20.8 Å². The summed E-state index contributed by atoms with van der Waals surface area (Å²) in [6.07, 6.45) is 1.89. The fourth-order valence-electron chi connectivity index (χ4n) is 2.57. The molecule has 6 nitrogen and oxygen atoms in total. The molecule has 8 heteroatoms. The van der Waals surface area contributed by atoms with Crippen molar-refractivity contribution < 1.29 is 4.52 Å². The maximum absolute atomic E-state index is 6.09. The van der Waals surface area contributed by atoms with Crippen LogP contribution in [0.4, 0.5) is 0 Å². The van der Waals surface area contributed by atoms with E-state index in [0.717, 1.165) is 49.0 Å². The van der Waals surface area contributed by atoms with Crippen LogP contribution in [-0.4, -0.2) is 28.8 Å². The van der Waals surface area contributed by atoms with Gasteiger partial charge in [0, 0.05) is 31.4 Å². The highest BCUT2D eigenvalue weighted by atomic mass is 35.5. The zero-order chi connectivity index (χ0) is 18.4.